The van der Waals surface area contributed by atoms with Gasteiger partial charge in [0, 0.05) is 18.8 Å². The standard InChI is InChI=1S/C25H31N3O2/c1-17-4-5-18(2)16-28(15-17)24-11-8-21(19(3)12-25(29)30)13-23(24)27-22-9-6-20(14-26)7-10-22/h6-11,13,17-19,27H,4-5,12,15-16H2,1-3H3,(H,29,30)/t17-,18+,19?. The quantitative estimate of drug-likeness (QED) is 0.640. The molecule has 2 aromatic carbocycles. The minimum absolute atomic E-state index is 0.0694. The van der Waals surface area contributed by atoms with Crippen molar-refractivity contribution in [2.45, 2.75) is 46.0 Å². The van der Waals surface area contributed by atoms with E-state index in [9.17, 15) is 9.90 Å². The SMILES string of the molecule is CC(CC(=O)O)c1ccc(N2C[C@H](C)CC[C@H](C)C2)c(Nc2ccc(C#N)cc2)c1. The summed E-state index contributed by atoms with van der Waals surface area (Å²) < 4.78 is 0. The van der Waals surface area contributed by atoms with E-state index in [0.717, 1.165) is 35.7 Å². The smallest absolute Gasteiger partial charge is 0.303 e. The predicted octanol–water partition coefficient (Wildman–Crippen LogP) is 5.75. The molecule has 1 fully saturated rings. The molecule has 1 aliphatic heterocycles. The van der Waals surface area contributed by atoms with Gasteiger partial charge < -0.3 is 15.3 Å². The summed E-state index contributed by atoms with van der Waals surface area (Å²) in [4.78, 5) is 13.7. The summed E-state index contributed by atoms with van der Waals surface area (Å²) in [6.45, 7) is 8.58. The fourth-order valence-electron chi connectivity index (χ4n) is 4.17. The molecule has 0 spiro atoms. The molecule has 3 rings (SSSR count). The highest BCUT2D eigenvalue weighted by molar-refractivity contribution is 5.77. The molecule has 1 saturated heterocycles. The zero-order chi connectivity index (χ0) is 21.7. The maximum absolute atomic E-state index is 11.2. The lowest BCUT2D eigenvalue weighted by Crippen LogP contribution is -2.30. The number of hydrogen-bond donors (Lipinski definition) is 2. The van der Waals surface area contributed by atoms with Gasteiger partial charge in [0.1, 0.15) is 0 Å². The molecule has 5 nitrogen and oxygen atoms in total. The maximum atomic E-state index is 11.2. The number of carbonyl (C=O) groups is 1. The fraction of sp³-hybridized carbons (Fsp3) is 0.440. The van der Waals surface area contributed by atoms with Gasteiger partial charge in [0.05, 0.1) is 29.4 Å². The van der Waals surface area contributed by atoms with Gasteiger partial charge in [-0.1, -0.05) is 26.8 Å². The van der Waals surface area contributed by atoms with Crippen LogP contribution in [0.3, 0.4) is 0 Å². The van der Waals surface area contributed by atoms with E-state index in [2.05, 4.69) is 48.3 Å². The molecule has 0 radical (unpaired) electrons. The minimum Gasteiger partial charge on any atom is -0.481 e. The molecule has 2 N–H and O–H groups in total. The van der Waals surface area contributed by atoms with E-state index in [1.165, 1.54) is 12.8 Å². The van der Waals surface area contributed by atoms with E-state index >= 15 is 0 Å². The van der Waals surface area contributed by atoms with Gasteiger partial charge in [-0.25, -0.2) is 0 Å². The monoisotopic (exact) mass is 405 g/mol. The molecule has 0 saturated carbocycles. The molecule has 30 heavy (non-hydrogen) atoms. The summed E-state index contributed by atoms with van der Waals surface area (Å²) in [6.07, 6.45) is 2.58. The third kappa shape index (κ3) is 5.54. The zero-order valence-electron chi connectivity index (χ0n) is 18.1. The lowest BCUT2D eigenvalue weighted by Gasteiger charge is -2.30. The van der Waals surface area contributed by atoms with Crippen LogP contribution in [0.2, 0.25) is 0 Å². The second-order valence-electron chi connectivity index (χ2n) is 8.78. The number of nitrogens with one attached hydrogen (secondary N) is 1. The Morgan fingerprint density at radius 2 is 1.80 bits per heavy atom. The summed E-state index contributed by atoms with van der Waals surface area (Å²) in [5.74, 6) is 0.398. The summed E-state index contributed by atoms with van der Waals surface area (Å²) in [5, 5.41) is 21.8. The molecule has 0 bridgehead atoms. The average Bonchev–Trinajstić information content (AvgIpc) is 2.88. The van der Waals surface area contributed by atoms with Gasteiger partial charge in [0.15, 0.2) is 0 Å². The highest BCUT2D eigenvalue weighted by atomic mass is 16.4. The van der Waals surface area contributed by atoms with Crippen LogP contribution in [-0.2, 0) is 4.79 Å². The van der Waals surface area contributed by atoms with E-state index < -0.39 is 5.97 Å². The first-order valence-electron chi connectivity index (χ1n) is 10.7. The number of aliphatic carboxylic acids is 1. The molecule has 3 atom stereocenters. The van der Waals surface area contributed by atoms with Gasteiger partial charge in [0.25, 0.3) is 0 Å². The minimum atomic E-state index is -0.789. The van der Waals surface area contributed by atoms with E-state index in [1.54, 1.807) is 12.1 Å². The first-order valence-corrected chi connectivity index (χ1v) is 10.7. The Morgan fingerprint density at radius 1 is 1.17 bits per heavy atom. The number of benzene rings is 2. The van der Waals surface area contributed by atoms with Crippen molar-refractivity contribution in [1.82, 2.24) is 0 Å². The summed E-state index contributed by atoms with van der Waals surface area (Å²) >= 11 is 0. The van der Waals surface area contributed by atoms with Crippen molar-refractivity contribution in [3.63, 3.8) is 0 Å². The molecule has 1 unspecified atom stereocenters. The first-order chi connectivity index (χ1) is 14.4. The number of anilines is 3. The highest BCUT2D eigenvalue weighted by Crippen LogP contribution is 2.35. The van der Waals surface area contributed by atoms with Gasteiger partial charge in [-0.3, -0.25) is 4.79 Å². The normalized spacial score (nSPS) is 20.1. The molecular formula is C25H31N3O2. The van der Waals surface area contributed by atoms with Crippen molar-refractivity contribution in [2.75, 3.05) is 23.3 Å². The van der Waals surface area contributed by atoms with Crippen molar-refractivity contribution >= 4 is 23.0 Å². The van der Waals surface area contributed by atoms with Gasteiger partial charge in [-0.2, -0.15) is 5.26 Å². The summed E-state index contributed by atoms with van der Waals surface area (Å²) in [7, 11) is 0. The van der Waals surface area contributed by atoms with Crippen LogP contribution in [0, 0.1) is 23.2 Å². The number of rotatable bonds is 6. The number of hydrogen-bond acceptors (Lipinski definition) is 4. The van der Waals surface area contributed by atoms with Crippen LogP contribution >= 0.6 is 0 Å². The van der Waals surface area contributed by atoms with Gasteiger partial charge in [0.2, 0.25) is 0 Å². The Morgan fingerprint density at radius 3 is 2.37 bits per heavy atom. The van der Waals surface area contributed by atoms with Crippen molar-refractivity contribution < 1.29 is 9.90 Å². The fourth-order valence-corrected chi connectivity index (χ4v) is 4.17. The first kappa shape index (κ1) is 21.7. The van der Waals surface area contributed by atoms with Crippen molar-refractivity contribution in [3.05, 3.63) is 53.6 Å². The van der Waals surface area contributed by atoms with Gasteiger partial charge >= 0.3 is 5.97 Å². The van der Waals surface area contributed by atoms with Crippen molar-refractivity contribution in [2.24, 2.45) is 11.8 Å². The van der Waals surface area contributed by atoms with Crippen molar-refractivity contribution in [1.29, 1.82) is 5.26 Å². The van der Waals surface area contributed by atoms with Crippen LogP contribution in [0.25, 0.3) is 0 Å². The molecule has 0 aliphatic carbocycles. The average molecular weight is 406 g/mol. The topological polar surface area (TPSA) is 76.4 Å². The van der Waals surface area contributed by atoms with Gasteiger partial charge in [-0.05, 0) is 72.6 Å². The van der Waals surface area contributed by atoms with Crippen LogP contribution in [-0.4, -0.2) is 24.2 Å². The molecule has 158 valence electrons. The Balaban J connectivity index is 1.97. The van der Waals surface area contributed by atoms with E-state index in [4.69, 9.17) is 5.26 Å². The van der Waals surface area contributed by atoms with Crippen LogP contribution in [0.15, 0.2) is 42.5 Å². The summed E-state index contributed by atoms with van der Waals surface area (Å²) in [5.41, 5.74) is 4.67. The molecule has 2 aromatic rings. The molecule has 1 aliphatic rings. The van der Waals surface area contributed by atoms with Crippen molar-refractivity contribution in [3.8, 4) is 6.07 Å². The third-order valence-corrected chi connectivity index (χ3v) is 5.92. The van der Waals surface area contributed by atoms with E-state index in [-0.39, 0.29) is 12.3 Å². The largest absolute Gasteiger partial charge is 0.481 e. The molecule has 5 heteroatoms. The predicted molar refractivity (Wildman–Crippen MR) is 121 cm³/mol. The van der Waals surface area contributed by atoms with Crippen LogP contribution in [0.1, 0.15) is 57.1 Å². The lowest BCUT2D eigenvalue weighted by atomic mass is 9.96. The lowest BCUT2D eigenvalue weighted by molar-refractivity contribution is -0.137. The van der Waals surface area contributed by atoms with E-state index in [0.29, 0.717) is 17.4 Å². The van der Waals surface area contributed by atoms with Crippen LogP contribution in [0.4, 0.5) is 17.1 Å². The number of carboxylic acid groups (broad SMARTS) is 1. The highest BCUT2D eigenvalue weighted by Gasteiger charge is 2.22. The van der Waals surface area contributed by atoms with E-state index in [1.807, 2.05) is 19.1 Å². The van der Waals surface area contributed by atoms with Crippen LogP contribution in [0.5, 0.6) is 0 Å². The Hall–Kier alpha value is -3.00. The molecule has 0 aromatic heterocycles. The third-order valence-electron chi connectivity index (χ3n) is 5.92. The Kier molecular flexibility index (Phi) is 6.99. The Labute approximate surface area is 179 Å². The summed E-state index contributed by atoms with van der Waals surface area (Å²) in [6, 6.07) is 15.8. The van der Waals surface area contributed by atoms with Gasteiger partial charge in [-0.15, -0.1) is 0 Å². The molecular weight excluding hydrogens is 374 g/mol. The molecule has 1 heterocycles. The number of nitriles is 1. The maximum Gasteiger partial charge on any atom is 0.303 e. The second kappa shape index (κ2) is 9.67. The Bertz CT molecular complexity index is 905. The second-order valence-corrected chi connectivity index (χ2v) is 8.78. The molecule has 0 amide bonds. The zero-order valence-corrected chi connectivity index (χ0v) is 18.1. The van der Waals surface area contributed by atoms with Crippen LogP contribution < -0.4 is 10.2 Å². The number of carboxylic acids is 1. The number of nitrogens with zero attached hydrogens (tertiary/aromatic N) is 2.